The van der Waals surface area contributed by atoms with Crippen molar-refractivity contribution in [2.75, 3.05) is 6.54 Å². The van der Waals surface area contributed by atoms with Crippen LogP contribution in [0.3, 0.4) is 0 Å². The van der Waals surface area contributed by atoms with E-state index in [0.717, 1.165) is 0 Å². The van der Waals surface area contributed by atoms with Crippen LogP contribution in [0, 0.1) is 0 Å². The smallest absolute Gasteiger partial charge is 0.271 e. The van der Waals surface area contributed by atoms with E-state index in [9.17, 15) is 9.59 Å². The third-order valence-electron chi connectivity index (χ3n) is 1.37. The molecule has 1 aromatic heterocycles. The Morgan fingerprint density at radius 2 is 2.21 bits per heavy atom. The van der Waals surface area contributed by atoms with E-state index >= 15 is 0 Å². The number of rotatable bonds is 3. The zero-order valence-corrected chi connectivity index (χ0v) is 7.23. The van der Waals surface area contributed by atoms with Gasteiger partial charge in [-0.1, -0.05) is 0 Å². The number of nitrogens with zero attached hydrogens (tertiary/aromatic N) is 2. The molecular formula is C7H9N5O2. The van der Waals surface area contributed by atoms with Crippen LogP contribution in [0.5, 0.6) is 0 Å². The van der Waals surface area contributed by atoms with Gasteiger partial charge in [0.1, 0.15) is 5.69 Å². The van der Waals surface area contributed by atoms with Crippen molar-refractivity contribution in [2.24, 2.45) is 5.84 Å². The molecule has 4 N–H and O–H groups in total. The topological polar surface area (TPSA) is 110 Å². The molecule has 0 aromatic carbocycles. The van der Waals surface area contributed by atoms with Gasteiger partial charge in [-0.25, -0.2) is 10.8 Å². The molecule has 0 aliphatic rings. The molecule has 1 aromatic rings. The van der Waals surface area contributed by atoms with Crippen LogP contribution >= 0.6 is 0 Å². The Labute approximate surface area is 79.7 Å². The number of nitrogens with two attached hydrogens (primary N) is 1. The van der Waals surface area contributed by atoms with E-state index in [-0.39, 0.29) is 12.2 Å². The molecule has 74 valence electrons. The minimum absolute atomic E-state index is 0.150. The highest BCUT2D eigenvalue weighted by molar-refractivity contribution is 5.94. The molecule has 7 heteroatoms. The van der Waals surface area contributed by atoms with Gasteiger partial charge in [0.15, 0.2) is 0 Å². The average molecular weight is 195 g/mol. The fourth-order valence-corrected chi connectivity index (χ4v) is 0.718. The number of carbonyl (C=O) groups is 2. The summed E-state index contributed by atoms with van der Waals surface area (Å²) >= 11 is 0. The summed E-state index contributed by atoms with van der Waals surface area (Å²) in [5, 5.41) is 2.32. The normalized spacial score (nSPS) is 9.21. The highest BCUT2D eigenvalue weighted by Gasteiger charge is 2.07. The van der Waals surface area contributed by atoms with Crippen LogP contribution in [0.2, 0.25) is 0 Å². The van der Waals surface area contributed by atoms with Crippen molar-refractivity contribution in [3.05, 3.63) is 24.3 Å². The van der Waals surface area contributed by atoms with Crippen LogP contribution in [-0.4, -0.2) is 28.3 Å². The summed E-state index contributed by atoms with van der Waals surface area (Å²) in [6.45, 7) is -0.189. The molecule has 7 nitrogen and oxygen atoms in total. The second-order valence-electron chi connectivity index (χ2n) is 2.34. The van der Waals surface area contributed by atoms with Crippen LogP contribution in [0.1, 0.15) is 10.5 Å². The lowest BCUT2D eigenvalue weighted by Gasteiger charge is -2.02. The lowest BCUT2D eigenvalue weighted by atomic mass is 10.4. The van der Waals surface area contributed by atoms with E-state index in [2.05, 4.69) is 15.3 Å². The maximum absolute atomic E-state index is 11.2. The van der Waals surface area contributed by atoms with Crippen molar-refractivity contribution in [1.29, 1.82) is 0 Å². The second-order valence-corrected chi connectivity index (χ2v) is 2.34. The van der Waals surface area contributed by atoms with Crippen molar-refractivity contribution in [2.45, 2.75) is 0 Å². The summed E-state index contributed by atoms with van der Waals surface area (Å²) in [5.74, 6) is 3.86. The summed E-state index contributed by atoms with van der Waals surface area (Å²) < 4.78 is 0. The SMILES string of the molecule is NNC(=O)CNC(=O)c1cnccn1. The van der Waals surface area contributed by atoms with E-state index in [4.69, 9.17) is 5.84 Å². The third kappa shape index (κ3) is 2.79. The van der Waals surface area contributed by atoms with Gasteiger partial charge >= 0.3 is 0 Å². The molecule has 0 fully saturated rings. The molecule has 0 unspecified atom stereocenters. The number of nitrogens with one attached hydrogen (secondary N) is 2. The lowest BCUT2D eigenvalue weighted by Crippen LogP contribution is -2.40. The summed E-state index contributed by atoms with van der Waals surface area (Å²) in [4.78, 5) is 29.3. The highest BCUT2D eigenvalue weighted by atomic mass is 16.2. The zero-order valence-electron chi connectivity index (χ0n) is 7.23. The Balaban J connectivity index is 2.48. The van der Waals surface area contributed by atoms with Gasteiger partial charge in [0.05, 0.1) is 12.7 Å². The first kappa shape index (κ1) is 10.1. The van der Waals surface area contributed by atoms with Crippen LogP contribution in [0.25, 0.3) is 0 Å². The Morgan fingerprint density at radius 3 is 2.79 bits per heavy atom. The molecule has 0 spiro atoms. The maximum Gasteiger partial charge on any atom is 0.271 e. The predicted molar refractivity (Wildman–Crippen MR) is 46.7 cm³/mol. The van der Waals surface area contributed by atoms with E-state index in [1.165, 1.54) is 18.6 Å². The van der Waals surface area contributed by atoms with Gasteiger partial charge in [-0.2, -0.15) is 0 Å². The molecule has 0 atom stereocenters. The van der Waals surface area contributed by atoms with Crippen LogP contribution in [0.15, 0.2) is 18.6 Å². The van der Waals surface area contributed by atoms with E-state index < -0.39 is 11.8 Å². The van der Waals surface area contributed by atoms with Gasteiger partial charge in [0.25, 0.3) is 11.8 Å². The molecule has 1 heterocycles. The molecular weight excluding hydrogens is 186 g/mol. The molecule has 0 bridgehead atoms. The summed E-state index contributed by atoms with van der Waals surface area (Å²) in [7, 11) is 0. The largest absolute Gasteiger partial charge is 0.342 e. The van der Waals surface area contributed by atoms with Crippen LogP contribution in [0.4, 0.5) is 0 Å². The fraction of sp³-hybridized carbons (Fsp3) is 0.143. The number of aromatic nitrogens is 2. The molecule has 14 heavy (non-hydrogen) atoms. The van der Waals surface area contributed by atoms with Gasteiger partial charge in [-0.15, -0.1) is 0 Å². The Hall–Kier alpha value is -2.02. The van der Waals surface area contributed by atoms with Crippen molar-refractivity contribution in [3.63, 3.8) is 0 Å². The zero-order chi connectivity index (χ0) is 10.4. The van der Waals surface area contributed by atoms with Gasteiger partial charge in [-0.05, 0) is 0 Å². The van der Waals surface area contributed by atoms with Crippen molar-refractivity contribution in [1.82, 2.24) is 20.7 Å². The first-order valence-corrected chi connectivity index (χ1v) is 3.77. The van der Waals surface area contributed by atoms with E-state index in [1.54, 1.807) is 0 Å². The summed E-state index contributed by atoms with van der Waals surface area (Å²) in [6.07, 6.45) is 4.14. The highest BCUT2D eigenvalue weighted by Crippen LogP contribution is 1.88. The van der Waals surface area contributed by atoms with Crippen LogP contribution in [-0.2, 0) is 4.79 Å². The van der Waals surface area contributed by atoms with Crippen molar-refractivity contribution in [3.8, 4) is 0 Å². The van der Waals surface area contributed by atoms with Crippen molar-refractivity contribution < 1.29 is 9.59 Å². The number of hydrogen-bond donors (Lipinski definition) is 3. The molecule has 0 saturated heterocycles. The Bertz CT molecular complexity index is 326. The second kappa shape index (κ2) is 4.87. The van der Waals surface area contributed by atoms with Crippen LogP contribution < -0.4 is 16.6 Å². The lowest BCUT2D eigenvalue weighted by molar-refractivity contribution is -0.120. The van der Waals surface area contributed by atoms with Gasteiger partial charge in [0.2, 0.25) is 0 Å². The minimum atomic E-state index is -0.484. The first-order valence-electron chi connectivity index (χ1n) is 3.77. The predicted octanol–water partition coefficient (Wildman–Crippen LogP) is -1.80. The maximum atomic E-state index is 11.2. The Morgan fingerprint density at radius 1 is 1.43 bits per heavy atom. The van der Waals surface area contributed by atoms with Gasteiger partial charge < -0.3 is 5.32 Å². The fourth-order valence-electron chi connectivity index (χ4n) is 0.718. The molecule has 0 aliphatic heterocycles. The van der Waals surface area contributed by atoms with E-state index in [0.29, 0.717) is 0 Å². The number of carbonyl (C=O) groups excluding carboxylic acids is 2. The summed E-state index contributed by atoms with van der Waals surface area (Å²) in [5.41, 5.74) is 2.03. The third-order valence-corrected chi connectivity index (χ3v) is 1.37. The van der Waals surface area contributed by atoms with E-state index in [1.807, 2.05) is 5.43 Å². The number of hydrazine groups is 1. The van der Waals surface area contributed by atoms with Gasteiger partial charge in [-0.3, -0.25) is 20.0 Å². The molecule has 0 radical (unpaired) electrons. The molecule has 0 saturated carbocycles. The molecule has 1 rings (SSSR count). The summed E-state index contributed by atoms with van der Waals surface area (Å²) in [6, 6.07) is 0. The standard InChI is InChI=1S/C7H9N5O2/c8-12-6(13)4-11-7(14)5-3-9-1-2-10-5/h1-3H,4,8H2,(H,11,14)(H,12,13). The number of amides is 2. The monoisotopic (exact) mass is 195 g/mol. The Kier molecular flexibility index (Phi) is 3.50. The number of hydrogen-bond acceptors (Lipinski definition) is 5. The first-order chi connectivity index (χ1) is 6.74. The molecule has 0 aliphatic carbocycles. The minimum Gasteiger partial charge on any atom is -0.342 e. The quantitative estimate of drug-likeness (QED) is 0.299. The van der Waals surface area contributed by atoms with Crippen molar-refractivity contribution >= 4 is 11.8 Å². The van der Waals surface area contributed by atoms with Gasteiger partial charge in [0, 0.05) is 12.4 Å². The average Bonchev–Trinajstić information content (AvgIpc) is 2.26. The molecule has 2 amide bonds.